The van der Waals surface area contributed by atoms with Crippen LogP contribution in [0.1, 0.15) is 12.5 Å². The zero-order chi connectivity index (χ0) is 16.7. The second-order valence-electron chi connectivity index (χ2n) is 4.71. The number of hydrogen-bond donors (Lipinski definition) is 1. The summed E-state index contributed by atoms with van der Waals surface area (Å²) in [5, 5.41) is 2.82. The Kier molecular flexibility index (Phi) is 6.92. The van der Waals surface area contributed by atoms with Gasteiger partial charge in [0.05, 0.1) is 18.0 Å². The topological polar surface area (TPSA) is 38.3 Å². The van der Waals surface area contributed by atoms with E-state index in [1.54, 1.807) is 18.2 Å². The van der Waals surface area contributed by atoms with Crippen LogP contribution >= 0.6 is 27.7 Å². The summed E-state index contributed by atoms with van der Waals surface area (Å²) in [4.78, 5) is 12.0. The molecule has 0 aliphatic rings. The van der Waals surface area contributed by atoms with Crippen molar-refractivity contribution in [3.05, 3.63) is 58.3 Å². The van der Waals surface area contributed by atoms with Gasteiger partial charge >= 0.3 is 0 Å². The standard InChI is InChI=1S/C17H17BrFNO2S/c1-2-22-16-6-4-3-5-15(16)20-17(21)11-23-10-12-7-8-13(18)9-14(12)19/h3-9H,2,10-11H2,1H3,(H,20,21). The molecule has 1 amide bonds. The molecule has 0 heterocycles. The van der Waals surface area contributed by atoms with Crippen LogP contribution < -0.4 is 10.1 Å². The van der Waals surface area contributed by atoms with Gasteiger partial charge in [-0.15, -0.1) is 11.8 Å². The Morgan fingerprint density at radius 2 is 2.09 bits per heavy atom. The van der Waals surface area contributed by atoms with Gasteiger partial charge in [0.25, 0.3) is 0 Å². The predicted octanol–water partition coefficient (Wildman–Crippen LogP) is 4.86. The predicted molar refractivity (Wildman–Crippen MR) is 96.5 cm³/mol. The number of thioether (sulfide) groups is 1. The lowest BCUT2D eigenvalue weighted by molar-refractivity contribution is -0.113. The highest BCUT2D eigenvalue weighted by atomic mass is 79.9. The van der Waals surface area contributed by atoms with Crippen LogP contribution in [0.15, 0.2) is 46.9 Å². The van der Waals surface area contributed by atoms with E-state index >= 15 is 0 Å². The van der Waals surface area contributed by atoms with Crippen molar-refractivity contribution in [3.8, 4) is 5.75 Å². The van der Waals surface area contributed by atoms with Crippen molar-refractivity contribution in [2.75, 3.05) is 17.7 Å². The number of nitrogens with one attached hydrogen (secondary N) is 1. The van der Waals surface area contributed by atoms with Crippen molar-refractivity contribution in [2.24, 2.45) is 0 Å². The number of hydrogen-bond acceptors (Lipinski definition) is 3. The Hall–Kier alpha value is -1.53. The number of para-hydroxylation sites is 2. The van der Waals surface area contributed by atoms with Crippen molar-refractivity contribution in [2.45, 2.75) is 12.7 Å². The van der Waals surface area contributed by atoms with Gasteiger partial charge in [-0.3, -0.25) is 4.79 Å². The zero-order valence-corrected chi connectivity index (χ0v) is 15.0. The number of halogens is 2. The molecule has 0 bridgehead atoms. The molecule has 0 fully saturated rings. The van der Waals surface area contributed by atoms with Gasteiger partial charge in [0.15, 0.2) is 0 Å². The average Bonchev–Trinajstić information content (AvgIpc) is 2.52. The second kappa shape index (κ2) is 8.93. The number of ether oxygens (including phenoxy) is 1. The van der Waals surface area contributed by atoms with E-state index in [0.29, 0.717) is 33.8 Å². The Bertz CT molecular complexity index is 681. The van der Waals surface area contributed by atoms with Gasteiger partial charge in [-0.1, -0.05) is 34.1 Å². The highest BCUT2D eigenvalue weighted by molar-refractivity contribution is 9.10. The molecule has 0 saturated carbocycles. The molecule has 0 aliphatic heterocycles. The first-order chi connectivity index (χ1) is 11.1. The van der Waals surface area contributed by atoms with E-state index in [0.717, 1.165) is 0 Å². The van der Waals surface area contributed by atoms with E-state index < -0.39 is 0 Å². The van der Waals surface area contributed by atoms with Gasteiger partial charge in [0, 0.05) is 10.2 Å². The lowest BCUT2D eigenvalue weighted by atomic mass is 10.2. The molecule has 0 spiro atoms. The molecule has 6 heteroatoms. The summed E-state index contributed by atoms with van der Waals surface area (Å²) in [6, 6.07) is 12.2. The van der Waals surface area contributed by atoms with Crippen LogP contribution in [0.5, 0.6) is 5.75 Å². The van der Waals surface area contributed by atoms with E-state index in [1.165, 1.54) is 17.8 Å². The van der Waals surface area contributed by atoms with Crippen LogP contribution in [0.2, 0.25) is 0 Å². The maximum absolute atomic E-state index is 13.7. The van der Waals surface area contributed by atoms with Gasteiger partial charge in [0.2, 0.25) is 5.91 Å². The molecule has 0 aromatic heterocycles. The van der Waals surface area contributed by atoms with Crippen LogP contribution in [-0.4, -0.2) is 18.3 Å². The normalized spacial score (nSPS) is 10.4. The molecule has 23 heavy (non-hydrogen) atoms. The van der Waals surface area contributed by atoms with Crippen LogP contribution in [0.4, 0.5) is 10.1 Å². The van der Waals surface area contributed by atoms with Crippen LogP contribution in [0.3, 0.4) is 0 Å². The van der Waals surface area contributed by atoms with Crippen LogP contribution in [0, 0.1) is 5.82 Å². The molecule has 2 aromatic carbocycles. The number of rotatable bonds is 7. The molecular formula is C17H17BrFNO2S. The summed E-state index contributed by atoms with van der Waals surface area (Å²) in [7, 11) is 0. The maximum Gasteiger partial charge on any atom is 0.234 e. The number of anilines is 1. The molecule has 2 aromatic rings. The zero-order valence-electron chi connectivity index (χ0n) is 12.6. The summed E-state index contributed by atoms with van der Waals surface area (Å²) >= 11 is 4.59. The Morgan fingerprint density at radius 3 is 2.83 bits per heavy atom. The molecule has 0 saturated heterocycles. The third-order valence-corrected chi connectivity index (χ3v) is 4.44. The number of benzene rings is 2. The quantitative estimate of drug-likeness (QED) is 0.724. The Balaban J connectivity index is 1.86. The summed E-state index contributed by atoms with van der Waals surface area (Å²) in [5.41, 5.74) is 1.23. The molecule has 0 aliphatic carbocycles. The lowest BCUT2D eigenvalue weighted by Gasteiger charge is -2.11. The van der Waals surface area contributed by atoms with Crippen LogP contribution in [-0.2, 0) is 10.5 Å². The minimum Gasteiger partial charge on any atom is -0.492 e. The number of carbonyl (C=O) groups is 1. The molecule has 0 atom stereocenters. The minimum absolute atomic E-state index is 0.139. The van der Waals surface area contributed by atoms with Gasteiger partial charge in [-0.05, 0) is 36.8 Å². The number of carbonyl (C=O) groups excluding carboxylic acids is 1. The monoisotopic (exact) mass is 397 g/mol. The summed E-state index contributed by atoms with van der Waals surface area (Å²) in [5.74, 6) is 0.927. The smallest absolute Gasteiger partial charge is 0.234 e. The second-order valence-corrected chi connectivity index (χ2v) is 6.61. The van der Waals surface area contributed by atoms with Crippen molar-refractivity contribution >= 4 is 39.3 Å². The van der Waals surface area contributed by atoms with Crippen molar-refractivity contribution < 1.29 is 13.9 Å². The first-order valence-electron chi connectivity index (χ1n) is 7.13. The van der Waals surface area contributed by atoms with E-state index in [1.807, 2.05) is 25.1 Å². The SMILES string of the molecule is CCOc1ccccc1NC(=O)CSCc1ccc(Br)cc1F. The van der Waals surface area contributed by atoms with E-state index in [-0.39, 0.29) is 17.5 Å². The van der Waals surface area contributed by atoms with Gasteiger partial charge < -0.3 is 10.1 Å². The molecule has 0 radical (unpaired) electrons. The molecular weight excluding hydrogens is 381 g/mol. The first-order valence-corrected chi connectivity index (χ1v) is 9.08. The fraction of sp³-hybridized carbons (Fsp3) is 0.235. The molecule has 3 nitrogen and oxygen atoms in total. The average molecular weight is 398 g/mol. The fourth-order valence-corrected chi connectivity index (χ4v) is 3.08. The van der Waals surface area contributed by atoms with Crippen molar-refractivity contribution in [3.63, 3.8) is 0 Å². The molecule has 0 unspecified atom stereocenters. The molecule has 1 N–H and O–H groups in total. The largest absolute Gasteiger partial charge is 0.492 e. The van der Waals surface area contributed by atoms with E-state index in [2.05, 4.69) is 21.2 Å². The van der Waals surface area contributed by atoms with Gasteiger partial charge in [0.1, 0.15) is 11.6 Å². The van der Waals surface area contributed by atoms with E-state index in [9.17, 15) is 9.18 Å². The first kappa shape index (κ1) is 17.8. The Morgan fingerprint density at radius 1 is 1.30 bits per heavy atom. The highest BCUT2D eigenvalue weighted by Gasteiger charge is 2.09. The van der Waals surface area contributed by atoms with Gasteiger partial charge in [-0.2, -0.15) is 0 Å². The summed E-state index contributed by atoms with van der Waals surface area (Å²) in [6.45, 7) is 2.42. The minimum atomic E-state index is -0.269. The third-order valence-electron chi connectivity index (χ3n) is 2.97. The number of amides is 1. The van der Waals surface area contributed by atoms with Gasteiger partial charge in [-0.25, -0.2) is 4.39 Å². The highest BCUT2D eigenvalue weighted by Crippen LogP contribution is 2.24. The van der Waals surface area contributed by atoms with Crippen molar-refractivity contribution in [1.82, 2.24) is 0 Å². The summed E-state index contributed by atoms with van der Waals surface area (Å²) < 4.78 is 19.9. The third kappa shape index (κ3) is 5.55. The molecule has 2 rings (SSSR count). The summed E-state index contributed by atoms with van der Waals surface area (Å²) in [6.07, 6.45) is 0. The Labute approximate surface area is 147 Å². The van der Waals surface area contributed by atoms with E-state index in [4.69, 9.17) is 4.74 Å². The fourth-order valence-electron chi connectivity index (χ4n) is 1.93. The lowest BCUT2D eigenvalue weighted by Crippen LogP contribution is -2.15. The van der Waals surface area contributed by atoms with Crippen molar-refractivity contribution in [1.29, 1.82) is 0 Å². The maximum atomic E-state index is 13.7. The van der Waals surface area contributed by atoms with Crippen LogP contribution in [0.25, 0.3) is 0 Å². The molecule has 122 valence electrons.